The highest BCUT2D eigenvalue weighted by atomic mass is 19.4. The summed E-state index contributed by atoms with van der Waals surface area (Å²) in [6, 6.07) is 7.84. The lowest BCUT2D eigenvalue weighted by Crippen LogP contribution is -2.47. The van der Waals surface area contributed by atoms with Crippen LogP contribution in [0.2, 0.25) is 0 Å². The Hall–Kier alpha value is -3.07. The van der Waals surface area contributed by atoms with Crippen LogP contribution in [0.4, 0.5) is 23.2 Å². The van der Waals surface area contributed by atoms with Crippen LogP contribution in [0.15, 0.2) is 41.5 Å². The molecule has 0 aliphatic carbocycles. The van der Waals surface area contributed by atoms with Crippen LogP contribution in [0.1, 0.15) is 42.6 Å². The van der Waals surface area contributed by atoms with Crippen molar-refractivity contribution in [2.75, 3.05) is 7.11 Å². The van der Waals surface area contributed by atoms with E-state index in [1.54, 1.807) is 26.0 Å². The molecule has 33 heavy (non-hydrogen) atoms. The summed E-state index contributed by atoms with van der Waals surface area (Å²) in [4.78, 5) is 12.3. The van der Waals surface area contributed by atoms with Crippen molar-refractivity contribution in [3.63, 3.8) is 0 Å². The fraction of sp³-hybridized carbons (Fsp3) is 0.375. The van der Waals surface area contributed by atoms with E-state index in [-0.39, 0.29) is 23.4 Å². The predicted octanol–water partition coefficient (Wildman–Crippen LogP) is 5.97. The highest BCUT2D eigenvalue weighted by Gasteiger charge is 2.53. The third kappa shape index (κ3) is 4.98. The molecular weight excluding hydrogens is 438 g/mol. The van der Waals surface area contributed by atoms with Gasteiger partial charge in [-0.1, -0.05) is 25.1 Å². The molecule has 0 radical (unpaired) electrons. The van der Waals surface area contributed by atoms with Gasteiger partial charge in [0.25, 0.3) is 0 Å². The van der Waals surface area contributed by atoms with Crippen LogP contribution in [-0.2, 0) is 0 Å². The van der Waals surface area contributed by atoms with Crippen LogP contribution in [-0.4, -0.2) is 40.2 Å². The maximum atomic E-state index is 14.5. The molecule has 3 aromatic rings. The number of aromatic nitrogens is 2. The van der Waals surface area contributed by atoms with Gasteiger partial charge in [0, 0.05) is 23.4 Å². The smallest absolute Gasteiger partial charge is 0.422 e. The molecule has 0 saturated heterocycles. The van der Waals surface area contributed by atoms with Crippen LogP contribution in [0.25, 0.3) is 10.9 Å². The summed E-state index contributed by atoms with van der Waals surface area (Å²) in [6.45, 7) is 4.90. The van der Waals surface area contributed by atoms with Gasteiger partial charge in [-0.3, -0.25) is 4.99 Å². The van der Waals surface area contributed by atoms with Crippen LogP contribution in [0.5, 0.6) is 5.75 Å². The van der Waals surface area contributed by atoms with Crippen molar-refractivity contribution in [2.24, 2.45) is 4.99 Å². The zero-order valence-corrected chi connectivity index (χ0v) is 18.7. The summed E-state index contributed by atoms with van der Waals surface area (Å²) in [5.41, 5.74) is -1.96. The number of benzene rings is 2. The van der Waals surface area contributed by atoms with Crippen LogP contribution < -0.4 is 4.74 Å². The summed E-state index contributed by atoms with van der Waals surface area (Å²) in [6.07, 6.45) is -3.58. The highest BCUT2D eigenvalue weighted by molar-refractivity contribution is 5.91. The number of ether oxygens (including phenoxy) is 1. The molecule has 9 heteroatoms. The molecule has 3 rings (SSSR count). The highest BCUT2D eigenvalue weighted by Crippen LogP contribution is 2.42. The Morgan fingerprint density at radius 1 is 1.18 bits per heavy atom. The number of aryl methyl sites for hydroxylation is 2. The zero-order chi connectivity index (χ0) is 24.4. The molecule has 2 unspecified atom stereocenters. The first-order chi connectivity index (χ1) is 15.5. The summed E-state index contributed by atoms with van der Waals surface area (Å²) in [7, 11) is 1.26. The predicted molar refractivity (Wildman–Crippen MR) is 119 cm³/mol. The van der Waals surface area contributed by atoms with Gasteiger partial charge in [0.2, 0.25) is 0 Å². The van der Waals surface area contributed by atoms with E-state index in [0.29, 0.717) is 28.5 Å². The van der Waals surface area contributed by atoms with Crippen molar-refractivity contribution in [3.05, 3.63) is 59.3 Å². The number of aliphatic hydroxyl groups is 1. The Morgan fingerprint density at radius 2 is 1.91 bits per heavy atom. The molecule has 2 atom stereocenters. The topological polar surface area (TPSA) is 67.6 Å². The first-order valence-electron chi connectivity index (χ1n) is 10.4. The zero-order valence-electron chi connectivity index (χ0n) is 18.7. The van der Waals surface area contributed by atoms with E-state index in [9.17, 15) is 22.7 Å². The molecule has 1 heterocycles. The number of rotatable bonds is 7. The molecule has 2 aromatic carbocycles. The molecular formula is C24H25F4N3O2. The molecule has 5 nitrogen and oxygen atoms in total. The van der Waals surface area contributed by atoms with Gasteiger partial charge < -0.3 is 9.84 Å². The number of halogens is 4. The molecule has 0 fully saturated rings. The minimum absolute atomic E-state index is 0.120. The summed E-state index contributed by atoms with van der Waals surface area (Å²) in [5.74, 6) is -1.08. The number of hydrogen-bond donors (Lipinski definition) is 1. The standard InChI is InChI=1S/C24H25F4N3O2/c1-5-16(17-10-9-14(2)21(25)22(17)33-4)11-23(32,24(26,27)28)13-30-19-7-6-8-20-18(19)12-29-15(3)31-20/h6-10,12-13,16,32H,5,11H2,1-4H3/b30-13+. The average molecular weight is 463 g/mol. The van der Waals surface area contributed by atoms with Gasteiger partial charge >= 0.3 is 6.18 Å². The number of nitrogens with zero attached hydrogens (tertiary/aromatic N) is 3. The molecule has 0 aliphatic heterocycles. The lowest BCUT2D eigenvalue weighted by Gasteiger charge is -2.31. The monoisotopic (exact) mass is 463 g/mol. The number of methoxy groups -OCH3 is 1. The van der Waals surface area contributed by atoms with Gasteiger partial charge in [0.15, 0.2) is 17.2 Å². The molecule has 176 valence electrons. The van der Waals surface area contributed by atoms with Gasteiger partial charge in [0.05, 0.1) is 18.3 Å². The van der Waals surface area contributed by atoms with E-state index >= 15 is 0 Å². The number of alkyl halides is 3. The molecule has 0 spiro atoms. The van der Waals surface area contributed by atoms with Gasteiger partial charge in [-0.25, -0.2) is 14.4 Å². The largest absolute Gasteiger partial charge is 0.493 e. The normalized spacial score (nSPS) is 15.1. The van der Waals surface area contributed by atoms with E-state index < -0.39 is 29.9 Å². The number of aliphatic imine (C=N–C) groups is 1. The SMILES string of the molecule is CCC(CC(O)(/C=N/c1cccc2nc(C)ncc12)C(F)(F)F)c1ccc(C)c(F)c1OC. The Morgan fingerprint density at radius 3 is 2.55 bits per heavy atom. The second-order valence-electron chi connectivity index (χ2n) is 7.94. The fourth-order valence-electron chi connectivity index (χ4n) is 3.71. The molecule has 1 N–H and O–H groups in total. The van der Waals surface area contributed by atoms with E-state index in [4.69, 9.17) is 4.74 Å². The second kappa shape index (κ2) is 9.43. The van der Waals surface area contributed by atoms with Crippen LogP contribution >= 0.6 is 0 Å². The summed E-state index contributed by atoms with van der Waals surface area (Å²) >= 11 is 0. The summed E-state index contributed by atoms with van der Waals surface area (Å²) < 4.78 is 61.8. The van der Waals surface area contributed by atoms with E-state index in [1.807, 2.05) is 0 Å². The third-order valence-corrected chi connectivity index (χ3v) is 5.65. The van der Waals surface area contributed by atoms with Crippen molar-refractivity contribution >= 4 is 22.8 Å². The maximum absolute atomic E-state index is 14.5. The minimum Gasteiger partial charge on any atom is -0.493 e. The average Bonchev–Trinajstić information content (AvgIpc) is 2.76. The third-order valence-electron chi connectivity index (χ3n) is 5.65. The van der Waals surface area contributed by atoms with Crippen LogP contribution in [0.3, 0.4) is 0 Å². The van der Waals surface area contributed by atoms with Crippen molar-refractivity contribution in [1.82, 2.24) is 9.97 Å². The number of fused-ring (bicyclic) bond motifs is 1. The van der Waals surface area contributed by atoms with Crippen LogP contribution in [0, 0.1) is 19.7 Å². The summed E-state index contributed by atoms with van der Waals surface area (Å²) in [5, 5.41) is 11.2. The molecule has 0 amide bonds. The van der Waals surface area contributed by atoms with Crippen molar-refractivity contribution in [1.29, 1.82) is 0 Å². The van der Waals surface area contributed by atoms with Crippen molar-refractivity contribution in [3.8, 4) is 5.75 Å². The first kappa shape index (κ1) is 24.6. The first-order valence-corrected chi connectivity index (χ1v) is 10.4. The molecule has 0 aliphatic rings. The molecule has 0 saturated carbocycles. The Labute approximate surface area is 189 Å². The Balaban J connectivity index is 2.03. The lowest BCUT2D eigenvalue weighted by molar-refractivity contribution is -0.232. The second-order valence-corrected chi connectivity index (χ2v) is 7.94. The van der Waals surface area contributed by atoms with E-state index in [0.717, 1.165) is 0 Å². The van der Waals surface area contributed by atoms with E-state index in [2.05, 4.69) is 15.0 Å². The van der Waals surface area contributed by atoms with Gasteiger partial charge in [-0.2, -0.15) is 13.2 Å². The van der Waals surface area contributed by atoms with Crippen molar-refractivity contribution < 1.29 is 27.4 Å². The molecule has 1 aromatic heterocycles. The fourth-order valence-corrected chi connectivity index (χ4v) is 3.71. The Bertz CT molecular complexity index is 1180. The van der Waals surface area contributed by atoms with Gasteiger partial charge in [-0.15, -0.1) is 0 Å². The Kier molecular flexibility index (Phi) is 7.02. The van der Waals surface area contributed by atoms with E-state index in [1.165, 1.54) is 38.4 Å². The van der Waals surface area contributed by atoms with Gasteiger partial charge in [-0.05, 0) is 50.3 Å². The molecule has 0 bridgehead atoms. The lowest BCUT2D eigenvalue weighted by atomic mass is 9.83. The quantitative estimate of drug-likeness (QED) is 0.346. The minimum atomic E-state index is -5.02. The van der Waals surface area contributed by atoms with Crippen molar-refractivity contribution in [2.45, 2.75) is 51.3 Å². The van der Waals surface area contributed by atoms with Gasteiger partial charge in [0.1, 0.15) is 5.82 Å². The number of hydrogen-bond acceptors (Lipinski definition) is 5. The maximum Gasteiger partial charge on any atom is 0.422 e.